The zero-order valence-corrected chi connectivity index (χ0v) is 14.6. The monoisotopic (exact) mass is 377 g/mol. The molecule has 28 heavy (non-hydrogen) atoms. The van der Waals surface area contributed by atoms with Gasteiger partial charge in [-0.2, -0.15) is 15.0 Å². The molecule has 0 aliphatic rings. The molecule has 11 heteroatoms. The van der Waals surface area contributed by atoms with Crippen molar-refractivity contribution in [3.63, 3.8) is 0 Å². The van der Waals surface area contributed by atoms with Crippen LogP contribution in [0, 0.1) is 0 Å². The van der Waals surface area contributed by atoms with E-state index in [9.17, 15) is 9.59 Å². The second kappa shape index (κ2) is 7.61. The minimum atomic E-state index is -0.386. The summed E-state index contributed by atoms with van der Waals surface area (Å²) in [5.74, 6) is 0.0666. The molecule has 0 fully saturated rings. The van der Waals surface area contributed by atoms with Gasteiger partial charge in [0.2, 0.25) is 0 Å². The molecule has 0 spiro atoms. The van der Waals surface area contributed by atoms with Crippen molar-refractivity contribution in [1.82, 2.24) is 44.9 Å². The molecule has 0 bridgehead atoms. The molecule has 0 saturated carbocycles. The Morgan fingerprint density at radius 1 is 1.04 bits per heavy atom. The molecule has 0 saturated heterocycles. The minimum Gasteiger partial charge on any atom is -0.349 e. The van der Waals surface area contributed by atoms with E-state index < -0.39 is 0 Å². The lowest BCUT2D eigenvalue weighted by molar-refractivity contribution is 0.0946. The molecule has 4 rings (SSSR count). The zero-order chi connectivity index (χ0) is 19.3. The Morgan fingerprint density at radius 2 is 1.89 bits per heavy atom. The predicted molar refractivity (Wildman–Crippen MR) is 97.1 cm³/mol. The first-order chi connectivity index (χ1) is 13.7. The fraction of sp³-hybridized carbons (Fsp3) is 0.118. The lowest BCUT2D eigenvalue weighted by atomic mass is 10.3. The molecule has 0 aliphatic heterocycles. The summed E-state index contributed by atoms with van der Waals surface area (Å²) in [6.07, 6.45) is 4.24. The highest BCUT2D eigenvalue weighted by Gasteiger charge is 2.11. The topological polar surface area (TPSA) is 125 Å². The molecule has 0 radical (unpaired) electrons. The van der Waals surface area contributed by atoms with Gasteiger partial charge in [0.15, 0.2) is 11.5 Å². The Kier molecular flexibility index (Phi) is 4.70. The average molecular weight is 377 g/mol. The summed E-state index contributed by atoms with van der Waals surface area (Å²) in [5.41, 5.74) is 0.649. The highest BCUT2D eigenvalue weighted by Crippen LogP contribution is 2.04. The zero-order valence-electron chi connectivity index (χ0n) is 14.6. The number of hydrogen-bond donors (Lipinski definition) is 1. The normalized spacial score (nSPS) is 10.7. The highest BCUT2D eigenvalue weighted by atomic mass is 16.2. The van der Waals surface area contributed by atoms with Gasteiger partial charge in [-0.1, -0.05) is 18.2 Å². The van der Waals surface area contributed by atoms with Crippen molar-refractivity contribution >= 4 is 5.91 Å². The first kappa shape index (κ1) is 17.3. The summed E-state index contributed by atoms with van der Waals surface area (Å²) in [7, 11) is 0. The van der Waals surface area contributed by atoms with Crippen LogP contribution in [0.15, 0.2) is 66.1 Å². The van der Waals surface area contributed by atoms with Gasteiger partial charge in [0.05, 0.1) is 18.4 Å². The number of nitrogens with zero attached hydrogens (tertiary/aromatic N) is 8. The maximum atomic E-state index is 12.3. The van der Waals surface area contributed by atoms with Gasteiger partial charge in [-0.3, -0.25) is 9.59 Å². The van der Waals surface area contributed by atoms with Gasteiger partial charge < -0.3 is 5.32 Å². The van der Waals surface area contributed by atoms with Gasteiger partial charge in [-0.05, 0) is 18.2 Å². The Hall–Kier alpha value is -4.15. The van der Waals surface area contributed by atoms with Crippen molar-refractivity contribution in [3.05, 3.63) is 77.4 Å². The van der Waals surface area contributed by atoms with Crippen LogP contribution in [0.2, 0.25) is 0 Å². The number of aromatic nitrogens is 8. The van der Waals surface area contributed by atoms with Crippen molar-refractivity contribution in [2.45, 2.75) is 6.54 Å². The second-order valence-corrected chi connectivity index (χ2v) is 5.70. The molecule has 3 aromatic heterocycles. The highest BCUT2D eigenvalue weighted by molar-refractivity contribution is 5.91. The first-order valence-corrected chi connectivity index (χ1v) is 8.40. The maximum Gasteiger partial charge on any atom is 0.273 e. The van der Waals surface area contributed by atoms with E-state index in [2.05, 4.69) is 30.7 Å². The van der Waals surface area contributed by atoms with Crippen molar-refractivity contribution in [2.24, 2.45) is 0 Å². The van der Waals surface area contributed by atoms with E-state index in [1.54, 1.807) is 6.07 Å². The number of carbonyl (C=O) groups excluding carboxylic acids is 1. The van der Waals surface area contributed by atoms with E-state index in [0.717, 1.165) is 5.69 Å². The third kappa shape index (κ3) is 3.67. The van der Waals surface area contributed by atoms with Crippen LogP contribution in [-0.2, 0) is 6.54 Å². The number of hydrogen-bond acceptors (Lipinski definition) is 7. The van der Waals surface area contributed by atoms with Crippen LogP contribution in [0.25, 0.3) is 11.5 Å². The lowest BCUT2D eigenvalue weighted by Gasteiger charge is -2.07. The Balaban J connectivity index is 1.39. The third-order valence-electron chi connectivity index (χ3n) is 3.83. The van der Waals surface area contributed by atoms with Crippen molar-refractivity contribution < 1.29 is 4.79 Å². The standard InChI is InChI=1S/C17H15N9O2/c27-16-7-6-15(25-12-18-11-21-25)23-24(16)9-8-19-17(28)14-10-20-26(22-14)13-4-2-1-3-5-13/h1-7,10-12H,8-9H2,(H,19,28). The fourth-order valence-corrected chi connectivity index (χ4v) is 2.47. The Labute approximate surface area is 158 Å². The molecule has 140 valence electrons. The summed E-state index contributed by atoms with van der Waals surface area (Å²) in [6, 6.07) is 12.2. The van der Waals surface area contributed by atoms with Gasteiger partial charge in [-0.15, -0.1) is 10.2 Å². The van der Waals surface area contributed by atoms with Crippen LogP contribution >= 0.6 is 0 Å². The number of carbonyl (C=O) groups is 1. The van der Waals surface area contributed by atoms with Crippen LogP contribution in [0.4, 0.5) is 0 Å². The summed E-state index contributed by atoms with van der Waals surface area (Å²) in [6.45, 7) is 0.394. The van der Waals surface area contributed by atoms with Crippen molar-refractivity contribution in [1.29, 1.82) is 0 Å². The van der Waals surface area contributed by atoms with Gasteiger partial charge in [0.1, 0.15) is 12.7 Å². The Bertz CT molecular complexity index is 1130. The molecule has 1 aromatic carbocycles. The number of rotatable bonds is 6. The number of para-hydroxylation sites is 1. The van der Waals surface area contributed by atoms with E-state index >= 15 is 0 Å². The fourth-order valence-electron chi connectivity index (χ4n) is 2.47. The minimum absolute atomic E-state index is 0.181. The molecular weight excluding hydrogens is 362 g/mol. The molecule has 0 aliphatic carbocycles. The van der Waals surface area contributed by atoms with Gasteiger partial charge in [0, 0.05) is 12.6 Å². The molecule has 1 N–H and O–H groups in total. The predicted octanol–water partition coefficient (Wildman–Crippen LogP) is -0.165. The van der Waals surface area contributed by atoms with Crippen LogP contribution in [0.1, 0.15) is 10.5 Å². The first-order valence-electron chi connectivity index (χ1n) is 8.40. The largest absolute Gasteiger partial charge is 0.349 e. The summed E-state index contributed by atoms with van der Waals surface area (Å²) in [4.78, 5) is 29.4. The molecule has 1 amide bonds. The van der Waals surface area contributed by atoms with Crippen LogP contribution < -0.4 is 10.9 Å². The molecular formula is C17H15N9O2. The molecule has 4 aromatic rings. The lowest BCUT2D eigenvalue weighted by Crippen LogP contribution is -2.32. The smallest absolute Gasteiger partial charge is 0.273 e. The quantitative estimate of drug-likeness (QED) is 0.495. The average Bonchev–Trinajstić information content (AvgIpc) is 3.42. The Morgan fingerprint density at radius 3 is 2.68 bits per heavy atom. The van der Waals surface area contributed by atoms with E-state index in [0.29, 0.717) is 5.82 Å². The van der Waals surface area contributed by atoms with Crippen LogP contribution in [-0.4, -0.2) is 52.0 Å². The van der Waals surface area contributed by atoms with E-state index in [1.165, 1.54) is 39.1 Å². The van der Waals surface area contributed by atoms with Crippen molar-refractivity contribution in [3.8, 4) is 11.5 Å². The van der Waals surface area contributed by atoms with Gasteiger partial charge in [0.25, 0.3) is 11.5 Å². The van der Waals surface area contributed by atoms with Gasteiger partial charge >= 0.3 is 0 Å². The molecule has 3 heterocycles. The van der Waals surface area contributed by atoms with Crippen LogP contribution in [0.3, 0.4) is 0 Å². The number of amides is 1. The summed E-state index contributed by atoms with van der Waals surface area (Å²) in [5, 5.41) is 19.1. The van der Waals surface area contributed by atoms with E-state index in [4.69, 9.17) is 0 Å². The maximum absolute atomic E-state index is 12.3. The van der Waals surface area contributed by atoms with Crippen LogP contribution in [0.5, 0.6) is 0 Å². The molecule has 0 unspecified atom stereocenters. The molecule has 11 nitrogen and oxygen atoms in total. The SMILES string of the molecule is O=C(NCCn1nc(-n2cncn2)ccc1=O)c1cnn(-c2ccccc2)n1. The second-order valence-electron chi connectivity index (χ2n) is 5.70. The number of benzene rings is 1. The van der Waals surface area contributed by atoms with E-state index in [1.807, 2.05) is 30.3 Å². The number of nitrogens with one attached hydrogen (secondary N) is 1. The summed E-state index contributed by atoms with van der Waals surface area (Å²) >= 11 is 0. The summed E-state index contributed by atoms with van der Waals surface area (Å²) < 4.78 is 2.69. The van der Waals surface area contributed by atoms with E-state index in [-0.39, 0.29) is 30.2 Å². The molecule has 0 atom stereocenters. The van der Waals surface area contributed by atoms with Gasteiger partial charge in [-0.25, -0.2) is 14.3 Å². The third-order valence-corrected chi connectivity index (χ3v) is 3.83. The van der Waals surface area contributed by atoms with Crippen molar-refractivity contribution in [2.75, 3.05) is 6.54 Å².